The minimum absolute atomic E-state index is 0.0572. The molecule has 0 aliphatic heterocycles. The first-order valence-electron chi connectivity index (χ1n) is 5.44. The van der Waals surface area contributed by atoms with Crippen molar-refractivity contribution in [2.45, 2.75) is 45.8 Å². The molecule has 0 amide bonds. The zero-order valence-corrected chi connectivity index (χ0v) is 11.0. The van der Waals surface area contributed by atoms with Gasteiger partial charge in [-0.15, -0.1) is 0 Å². The zero-order valence-electron chi connectivity index (χ0n) is 10.3. The Hall–Kier alpha value is -0.580. The second kappa shape index (κ2) is 5.17. The highest BCUT2D eigenvalue weighted by molar-refractivity contribution is 6.31. The summed E-state index contributed by atoms with van der Waals surface area (Å²) in [6.45, 7) is 8.59. The first-order valence-corrected chi connectivity index (χ1v) is 5.82. The van der Waals surface area contributed by atoms with Crippen LogP contribution in [0, 0.1) is 6.92 Å². The number of halogens is 1. The molecule has 0 saturated carbocycles. The molecule has 4 nitrogen and oxygen atoms in total. The van der Waals surface area contributed by atoms with Gasteiger partial charge in [0.2, 0.25) is 0 Å². The van der Waals surface area contributed by atoms with Crippen LogP contribution in [0.3, 0.4) is 0 Å². The summed E-state index contributed by atoms with van der Waals surface area (Å²) in [5.41, 5.74) is 0.433. The number of aromatic nitrogens is 2. The van der Waals surface area contributed by atoms with E-state index in [1.54, 1.807) is 10.9 Å². The summed E-state index contributed by atoms with van der Waals surface area (Å²) in [7, 11) is 0. The largest absolute Gasteiger partial charge is 0.394 e. The van der Waals surface area contributed by atoms with Gasteiger partial charge in [0, 0.05) is 12.2 Å². The lowest BCUT2D eigenvalue weighted by molar-refractivity contribution is 0.144. The van der Waals surface area contributed by atoms with Gasteiger partial charge < -0.3 is 10.4 Å². The fourth-order valence-corrected chi connectivity index (χ4v) is 1.92. The molecule has 0 aliphatic carbocycles. The van der Waals surface area contributed by atoms with E-state index >= 15 is 0 Å². The minimum Gasteiger partial charge on any atom is -0.394 e. The van der Waals surface area contributed by atoms with Crippen LogP contribution in [0.25, 0.3) is 0 Å². The number of aliphatic hydroxyl groups is 1. The summed E-state index contributed by atoms with van der Waals surface area (Å²) in [4.78, 5) is 0. The predicted molar refractivity (Wildman–Crippen MR) is 65.7 cm³/mol. The van der Waals surface area contributed by atoms with Gasteiger partial charge in [-0.05, 0) is 13.8 Å². The van der Waals surface area contributed by atoms with E-state index in [2.05, 4.69) is 24.3 Å². The molecular formula is C11H20ClN3O. The number of aryl methyl sites for hydroxylation is 1. The molecular weight excluding hydrogens is 226 g/mol. The standard InChI is InChI=1S/C11H20ClN3O/c1-8(2)13-11(4,7-16)6-15-5-10(12)9(3)14-15/h5,8,13,16H,6-7H2,1-4H3. The molecule has 0 saturated heterocycles. The zero-order chi connectivity index (χ0) is 12.3. The molecule has 1 aromatic rings. The fraction of sp³-hybridized carbons (Fsp3) is 0.727. The van der Waals surface area contributed by atoms with Crippen LogP contribution in [0.5, 0.6) is 0 Å². The maximum atomic E-state index is 9.43. The Morgan fingerprint density at radius 3 is 2.62 bits per heavy atom. The lowest BCUT2D eigenvalue weighted by atomic mass is 10.0. The predicted octanol–water partition coefficient (Wildman–Crippen LogP) is 1.59. The van der Waals surface area contributed by atoms with Crippen molar-refractivity contribution in [3.05, 3.63) is 16.9 Å². The van der Waals surface area contributed by atoms with E-state index in [9.17, 15) is 5.11 Å². The highest BCUT2D eigenvalue weighted by atomic mass is 35.5. The van der Waals surface area contributed by atoms with Crippen molar-refractivity contribution in [1.29, 1.82) is 0 Å². The van der Waals surface area contributed by atoms with Crippen molar-refractivity contribution < 1.29 is 5.11 Å². The first-order chi connectivity index (χ1) is 7.36. The maximum Gasteiger partial charge on any atom is 0.0814 e. The third-order valence-electron chi connectivity index (χ3n) is 2.38. The van der Waals surface area contributed by atoms with Gasteiger partial charge >= 0.3 is 0 Å². The van der Waals surface area contributed by atoms with E-state index in [4.69, 9.17) is 11.6 Å². The summed E-state index contributed by atoms with van der Waals surface area (Å²) in [6, 6.07) is 0.310. The second-order valence-electron chi connectivity index (χ2n) is 4.78. The Morgan fingerprint density at radius 2 is 2.25 bits per heavy atom. The van der Waals surface area contributed by atoms with Gasteiger partial charge in [-0.25, -0.2) is 0 Å². The van der Waals surface area contributed by atoms with E-state index in [1.165, 1.54) is 0 Å². The Labute approximate surface area is 102 Å². The summed E-state index contributed by atoms with van der Waals surface area (Å²) in [5, 5.41) is 17.7. The number of nitrogens with one attached hydrogen (secondary N) is 1. The van der Waals surface area contributed by atoms with E-state index in [1.807, 2.05) is 13.8 Å². The molecule has 16 heavy (non-hydrogen) atoms. The average molecular weight is 246 g/mol. The number of hydrogen-bond donors (Lipinski definition) is 2. The molecule has 0 radical (unpaired) electrons. The van der Waals surface area contributed by atoms with E-state index in [0.717, 1.165) is 5.69 Å². The van der Waals surface area contributed by atoms with Crippen LogP contribution >= 0.6 is 11.6 Å². The summed E-state index contributed by atoms with van der Waals surface area (Å²) < 4.78 is 1.77. The lowest BCUT2D eigenvalue weighted by Gasteiger charge is -2.30. The van der Waals surface area contributed by atoms with Crippen LogP contribution in [0.4, 0.5) is 0 Å². The monoisotopic (exact) mass is 245 g/mol. The summed E-state index contributed by atoms with van der Waals surface area (Å²) in [5.74, 6) is 0. The topological polar surface area (TPSA) is 50.1 Å². The fourth-order valence-electron chi connectivity index (χ4n) is 1.77. The van der Waals surface area contributed by atoms with Gasteiger partial charge in [0.25, 0.3) is 0 Å². The molecule has 0 aliphatic rings. The quantitative estimate of drug-likeness (QED) is 0.829. The molecule has 92 valence electrons. The van der Waals surface area contributed by atoms with Crippen LogP contribution in [-0.4, -0.2) is 33.1 Å². The second-order valence-corrected chi connectivity index (χ2v) is 5.19. The van der Waals surface area contributed by atoms with Crippen molar-refractivity contribution in [2.24, 2.45) is 0 Å². The minimum atomic E-state index is -0.379. The highest BCUT2D eigenvalue weighted by Gasteiger charge is 2.25. The number of nitrogens with zero attached hydrogens (tertiary/aromatic N) is 2. The molecule has 1 aromatic heterocycles. The van der Waals surface area contributed by atoms with Gasteiger partial charge in [-0.3, -0.25) is 4.68 Å². The number of hydrogen-bond acceptors (Lipinski definition) is 3. The molecule has 1 unspecified atom stereocenters. The number of rotatable bonds is 5. The van der Waals surface area contributed by atoms with Gasteiger partial charge in [-0.2, -0.15) is 5.10 Å². The number of aliphatic hydroxyl groups excluding tert-OH is 1. The molecule has 1 heterocycles. The molecule has 1 atom stereocenters. The smallest absolute Gasteiger partial charge is 0.0814 e. The first kappa shape index (κ1) is 13.5. The van der Waals surface area contributed by atoms with Crippen LogP contribution in [-0.2, 0) is 6.54 Å². The Balaban J connectivity index is 2.76. The van der Waals surface area contributed by atoms with Crippen molar-refractivity contribution in [3.8, 4) is 0 Å². The van der Waals surface area contributed by atoms with Crippen LogP contribution in [0.2, 0.25) is 5.02 Å². The van der Waals surface area contributed by atoms with Crippen molar-refractivity contribution in [2.75, 3.05) is 6.61 Å². The Kier molecular flexibility index (Phi) is 4.35. The Morgan fingerprint density at radius 1 is 1.62 bits per heavy atom. The lowest BCUT2D eigenvalue weighted by Crippen LogP contribution is -2.52. The summed E-state index contributed by atoms with van der Waals surface area (Å²) in [6.07, 6.45) is 1.78. The third kappa shape index (κ3) is 3.47. The van der Waals surface area contributed by atoms with Crippen molar-refractivity contribution >= 4 is 11.6 Å². The average Bonchev–Trinajstić information content (AvgIpc) is 2.44. The maximum absolute atomic E-state index is 9.43. The Bertz CT molecular complexity index is 331. The highest BCUT2D eigenvalue weighted by Crippen LogP contribution is 2.15. The van der Waals surface area contributed by atoms with Crippen LogP contribution in [0.15, 0.2) is 6.20 Å². The molecule has 0 bridgehead atoms. The van der Waals surface area contributed by atoms with Crippen molar-refractivity contribution in [1.82, 2.24) is 15.1 Å². The molecule has 0 spiro atoms. The van der Waals surface area contributed by atoms with Gasteiger partial charge in [-0.1, -0.05) is 25.4 Å². The van der Waals surface area contributed by atoms with Crippen LogP contribution < -0.4 is 5.32 Å². The van der Waals surface area contributed by atoms with Gasteiger partial charge in [0.05, 0.1) is 29.4 Å². The molecule has 2 N–H and O–H groups in total. The van der Waals surface area contributed by atoms with E-state index < -0.39 is 0 Å². The molecule has 1 rings (SSSR count). The van der Waals surface area contributed by atoms with Gasteiger partial charge in [0.15, 0.2) is 0 Å². The summed E-state index contributed by atoms with van der Waals surface area (Å²) >= 11 is 5.94. The molecule has 0 fully saturated rings. The van der Waals surface area contributed by atoms with Gasteiger partial charge in [0.1, 0.15) is 0 Å². The van der Waals surface area contributed by atoms with E-state index in [-0.39, 0.29) is 12.1 Å². The normalized spacial score (nSPS) is 15.4. The van der Waals surface area contributed by atoms with Crippen LogP contribution in [0.1, 0.15) is 26.5 Å². The van der Waals surface area contributed by atoms with E-state index in [0.29, 0.717) is 17.6 Å². The third-order valence-corrected chi connectivity index (χ3v) is 2.75. The molecule has 5 heteroatoms. The van der Waals surface area contributed by atoms with Crippen molar-refractivity contribution in [3.63, 3.8) is 0 Å². The molecule has 0 aromatic carbocycles. The SMILES string of the molecule is Cc1nn(CC(C)(CO)NC(C)C)cc1Cl.